The van der Waals surface area contributed by atoms with E-state index in [1.807, 2.05) is 13.0 Å². The fourth-order valence-electron chi connectivity index (χ4n) is 2.76. The molecule has 8 nitrogen and oxygen atoms in total. The molecule has 2 amide bonds. The standard InChI is InChI=1S/C16H19N5O3/c1-10-5-6-17-13(8-10)19-14(22)16(23)21-7-3-4-12(9-21)15-18-11(2)20-24-15/h5-6,8,12H,3-4,7,9H2,1-2H3,(H,17,19,22)/t12-/m0/s1. The molecule has 8 heteroatoms. The average molecular weight is 329 g/mol. The number of aromatic nitrogens is 3. The topological polar surface area (TPSA) is 101 Å². The Kier molecular flexibility index (Phi) is 4.54. The quantitative estimate of drug-likeness (QED) is 0.836. The lowest BCUT2D eigenvalue weighted by atomic mass is 9.98. The smallest absolute Gasteiger partial charge is 0.315 e. The fraction of sp³-hybridized carbons (Fsp3) is 0.438. The first kappa shape index (κ1) is 16.1. The summed E-state index contributed by atoms with van der Waals surface area (Å²) >= 11 is 0. The van der Waals surface area contributed by atoms with Crippen LogP contribution in [0.25, 0.3) is 0 Å². The summed E-state index contributed by atoms with van der Waals surface area (Å²) in [6.07, 6.45) is 3.23. The third-order valence-corrected chi connectivity index (χ3v) is 3.95. The second-order valence-corrected chi connectivity index (χ2v) is 5.94. The second-order valence-electron chi connectivity index (χ2n) is 5.94. The molecule has 0 radical (unpaired) electrons. The van der Waals surface area contributed by atoms with Gasteiger partial charge in [-0.2, -0.15) is 4.98 Å². The number of pyridine rings is 1. The van der Waals surface area contributed by atoms with Crippen molar-refractivity contribution in [1.29, 1.82) is 0 Å². The van der Waals surface area contributed by atoms with Gasteiger partial charge in [0.05, 0.1) is 5.92 Å². The van der Waals surface area contributed by atoms with Crippen molar-refractivity contribution in [3.63, 3.8) is 0 Å². The zero-order valence-corrected chi connectivity index (χ0v) is 13.7. The lowest BCUT2D eigenvalue weighted by Gasteiger charge is -2.30. The summed E-state index contributed by atoms with van der Waals surface area (Å²) < 4.78 is 5.19. The number of rotatable bonds is 2. The highest BCUT2D eigenvalue weighted by Gasteiger charge is 2.31. The van der Waals surface area contributed by atoms with Crippen LogP contribution in [0.5, 0.6) is 0 Å². The van der Waals surface area contributed by atoms with Gasteiger partial charge in [-0.15, -0.1) is 0 Å². The maximum absolute atomic E-state index is 12.4. The van der Waals surface area contributed by atoms with E-state index in [-0.39, 0.29) is 5.92 Å². The van der Waals surface area contributed by atoms with Crippen LogP contribution in [0.3, 0.4) is 0 Å². The molecule has 3 heterocycles. The van der Waals surface area contributed by atoms with Crippen molar-refractivity contribution in [3.8, 4) is 0 Å². The van der Waals surface area contributed by atoms with Crippen LogP contribution in [-0.4, -0.2) is 44.9 Å². The van der Waals surface area contributed by atoms with Crippen LogP contribution in [0.15, 0.2) is 22.9 Å². The molecule has 1 saturated heterocycles. The molecule has 0 spiro atoms. The molecule has 3 rings (SSSR count). The maximum Gasteiger partial charge on any atom is 0.315 e. The van der Waals surface area contributed by atoms with E-state index in [1.54, 1.807) is 19.2 Å². The van der Waals surface area contributed by atoms with E-state index in [4.69, 9.17) is 4.52 Å². The Morgan fingerprint density at radius 2 is 2.21 bits per heavy atom. The van der Waals surface area contributed by atoms with Crippen molar-refractivity contribution in [2.75, 3.05) is 18.4 Å². The number of amides is 2. The highest BCUT2D eigenvalue weighted by Crippen LogP contribution is 2.25. The van der Waals surface area contributed by atoms with Gasteiger partial charge in [0.1, 0.15) is 5.82 Å². The molecule has 1 aliphatic heterocycles. The van der Waals surface area contributed by atoms with E-state index >= 15 is 0 Å². The summed E-state index contributed by atoms with van der Waals surface area (Å²) in [5, 5.41) is 6.33. The number of nitrogens with zero attached hydrogens (tertiary/aromatic N) is 4. The molecular formula is C16H19N5O3. The number of carbonyl (C=O) groups excluding carboxylic acids is 2. The van der Waals surface area contributed by atoms with Gasteiger partial charge in [0.25, 0.3) is 0 Å². The zero-order chi connectivity index (χ0) is 17.1. The van der Waals surface area contributed by atoms with Crippen LogP contribution in [-0.2, 0) is 9.59 Å². The Balaban J connectivity index is 1.64. The number of hydrogen-bond donors (Lipinski definition) is 1. The Bertz CT molecular complexity index is 758. The number of likely N-dealkylation sites (tertiary alicyclic amines) is 1. The van der Waals surface area contributed by atoms with Crippen LogP contribution in [0.2, 0.25) is 0 Å². The predicted octanol–water partition coefficient (Wildman–Crippen LogP) is 1.43. The molecule has 2 aromatic heterocycles. The van der Waals surface area contributed by atoms with Crippen molar-refractivity contribution in [1.82, 2.24) is 20.0 Å². The first-order chi connectivity index (χ1) is 11.5. The van der Waals surface area contributed by atoms with E-state index in [1.165, 1.54) is 4.90 Å². The minimum absolute atomic E-state index is 0.0335. The summed E-state index contributed by atoms with van der Waals surface area (Å²) in [6.45, 7) is 4.58. The van der Waals surface area contributed by atoms with Crippen molar-refractivity contribution >= 4 is 17.6 Å². The Morgan fingerprint density at radius 3 is 2.92 bits per heavy atom. The van der Waals surface area contributed by atoms with Crippen LogP contribution < -0.4 is 5.32 Å². The van der Waals surface area contributed by atoms with Gasteiger partial charge in [-0.1, -0.05) is 5.16 Å². The van der Waals surface area contributed by atoms with Crippen molar-refractivity contribution in [2.24, 2.45) is 0 Å². The predicted molar refractivity (Wildman–Crippen MR) is 85.2 cm³/mol. The van der Waals surface area contributed by atoms with E-state index in [2.05, 4.69) is 20.4 Å². The number of nitrogens with one attached hydrogen (secondary N) is 1. The SMILES string of the molecule is Cc1ccnc(NC(=O)C(=O)N2CCC[C@H](c3nc(C)no3)C2)c1. The molecule has 0 aliphatic carbocycles. The first-order valence-corrected chi connectivity index (χ1v) is 7.86. The molecule has 0 unspecified atom stereocenters. The monoisotopic (exact) mass is 329 g/mol. The highest BCUT2D eigenvalue weighted by atomic mass is 16.5. The van der Waals surface area contributed by atoms with Crippen LogP contribution in [0.1, 0.15) is 36.0 Å². The van der Waals surface area contributed by atoms with Crippen LogP contribution in [0.4, 0.5) is 5.82 Å². The molecule has 0 bridgehead atoms. The summed E-state index contributed by atoms with van der Waals surface area (Å²) in [5.41, 5.74) is 0.956. The van der Waals surface area contributed by atoms with Gasteiger partial charge in [0.15, 0.2) is 5.82 Å². The lowest BCUT2D eigenvalue weighted by Crippen LogP contribution is -2.44. The van der Waals surface area contributed by atoms with Crippen LogP contribution in [0, 0.1) is 13.8 Å². The average Bonchev–Trinajstić information content (AvgIpc) is 3.01. The summed E-state index contributed by atoms with van der Waals surface area (Å²) in [6, 6.07) is 3.53. The zero-order valence-electron chi connectivity index (χ0n) is 13.7. The third-order valence-electron chi connectivity index (χ3n) is 3.95. The van der Waals surface area contributed by atoms with Crippen molar-refractivity contribution in [2.45, 2.75) is 32.6 Å². The van der Waals surface area contributed by atoms with Gasteiger partial charge < -0.3 is 14.7 Å². The largest absolute Gasteiger partial charge is 0.339 e. The minimum Gasteiger partial charge on any atom is -0.339 e. The molecule has 24 heavy (non-hydrogen) atoms. The number of aryl methyl sites for hydroxylation is 2. The number of piperidine rings is 1. The molecular weight excluding hydrogens is 310 g/mol. The van der Waals surface area contributed by atoms with Crippen LogP contribution >= 0.6 is 0 Å². The molecule has 2 aromatic rings. The van der Waals surface area contributed by atoms with Gasteiger partial charge in [-0.25, -0.2) is 4.98 Å². The number of carbonyl (C=O) groups is 2. The normalized spacial score (nSPS) is 17.6. The van der Waals surface area contributed by atoms with E-state index in [0.717, 1.165) is 18.4 Å². The van der Waals surface area contributed by atoms with Gasteiger partial charge >= 0.3 is 11.8 Å². The van der Waals surface area contributed by atoms with E-state index in [9.17, 15) is 9.59 Å². The van der Waals surface area contributed by atoms with Gasteiger partial charge in [0, 0.05) is 19.3 Å². The minimum atomic E-state index is -0.685. The Hall–Kier alpha value is -2.77. The Labute approximate surface area is 139 Å². The first-order valence-electron chi connectivity index (χ1n) is 7.86. The Morgan fingerprint density at radius 1 is 1.38 bits per heavy atom. The summed E-state index contributed by atoms with van der Waals surface area (Å²) in [4.78, 5) is 34.4. The van der Waals surface area contributed by atoms with Gasteiger partial charge in [0.2, 0.25) is 5.89 Å². The van der Waals surface area contributed by atoms with E-state index in [0.29, 0.717) is 30.6 Å². The molecule has 1 aliphatic rings. The van der Waals surface area contributed by atoms with Gasteiger partial charge in [-0.05, 0) is 44.4 Å². The highest BCUT2D eigenvalue weighted by molar-refractivity contribution is 6.39. The van der Waals surface area contributed by atoms with E-state index < -0.39 is 11.8 Å². The number of hydrogen-bond acceptors (Lipinski definition) is 6. The molecule has 126 valence electrons. The van der Waals surface area contributed by atoms with Gasteiger partial charge in [-0.3, -0.25) is 9.59 Å². The molecule has 1 N–H and O–H groups in total. The number of anilines is 1. The summed E-state index contributed by atoms with van der Waals surface area (Å²) in [7, 11) is 0. The molecule has 1 atom stereocenters. The summed E-state index contributed by atoms with van der Waals surface area (Å²) in [5.74, 6) is 0.167. The second kappa shape index (κ2) is 6.77. The third kappa shape index (κ3) is 3.58. The molecule has 0 aromatic carbocycles. The van der Waals surface area contributed by atoms with Crippen molar-refractivity contribution in [3.05, 3.63) is 35.6 Å². The molecule has 0 saturated carbocycles. The van der Waals surface area contributed by atoms with Crippen molar-refractivity contribution < 1.29 is 14.1 Å². The fourth-order valence-corrected chi connectivity index (χ4v) is 2.76. The molecule has 1 fully saturated rings. The maximum atomic E-state index is 12.4. The lowest BCUT2D eigenvalue weighted by molar-refractivity contribution is -0.144.